The van der Waals surface area contributed by atoms with E-state index in [1.54, 1.807) is 0 Å². The SMILES string of the molecule is CCCCCCCCCC(COC(C(C)O)C(O)C=O)Oc1ccccc1. The highest BCUT2D eigenvalue weighted by atomic mass is 16.6. The summed E-state index contributed by atoms with van der Waals surface area (Å²) < 4.78 is 11.7. The van der Waals surface area contributed by atoms with Crippen molar-refractivity contribution in [1.82, 2.24) is 0 Å². The van der Waals surface area contributed by atoms with Crippen molar-refractivity contribution in [2.45, 2.75) is 89.6 Å². The number of rotatable bonds is 16. The summed E-state index contributed by atoms with van der Waals surface area (Å²) in [6.07, 6.45) is 6.30. The number of ether oxygens (including phenoxy) is 2. The van der Waals surface area contributed by atoms with Crippen molar-refractivity contribution in [2.24, 2.45) is 0 Å². The maximum Gasteiger partial charge on any atom is 0.151 e. The Morgan fingerprint density at radius 3 is 2.22 bits per heavy atom. The van der Waals surface area contributed by atoms with Crippen LogP contribution in [0.25, 0.3) is 0 Å². The first-order chi connectivity index (χ1) is 13.1. The summed E-state index contributed by atoms with van der Waals surface area (Å²) >= 11 is 0. The molecule has 1 aromatic carbocycles. The van der Waals surface area contributed by atoms with Gasteiger partial charge in [-0.1, -0.05) is 63.6 Å². The predicted octanol–water partition coefficient (Wildman–Crippen LogP) is 3.90. The van der Waals surface area contributed by atoms with Gasteiger partial charge in [0.05, 0.1) is 12.7 Å². The standard InChI is InChI=1S/C22H36O5/c1-3-4-5-6-7-8-10-15-20(27-19-13-11-9-12-14-19)17-26-22(18(2)24)21(25)16-23/h9,11-14,16,18,20-22,24-25H,3-8,10,15,17H2,1-2H3. The monoisotopic (exact) mass is 380 g/mol. The second kappa shape index (κ2) is 14.6. The van der Waals surface area contributed by atoms with Crippen LogP contribution in [0.2, 0.25) is 0 Å². The Balaban J connectivity index is 2.50. The molecule has 154 valence electrons. The highest BCUT2D eigenvalue weighted by Crippen LogP contribution is 2.17. The third kappa shape index (κ3) is 10.5. The van der Waals surface area contributed by atoms with Crippen LogP contribution in [0.4, 0.5) is 0 Å². The van der Waals surface area contributed by atoms with Crippen molar-refractivity contribution in [3.05, 3.63) is 30.3 Å². The molecular weight excluding hydrogens is 344 g/mol. The number of carbonyl (C=O) groups excluding carboxylic acids is 1. The van der Waals surface area contributed by atoms with Gasteiger partial charge in [0.2, 0.25) is 0 Å². The van der Waals surface area contributed by atoms with E-state index in [4.69, 9.17) is 9.47 Å². The average Bonchev–Trinajstić information content (AvgIpc) is 2.67. The largest absolute Gasteiger partial charge is 0.488 e. The van der Waals surface area contributed by atoms with E-state index >= 15 is 0 Å². The lowest BCUT2D eigenvalue weighted by atomic mass is 10.1. The molecule has 1 rings (SSSR count). The molecule has 0 heterocycles. The highest BCUT2D eigenvalue weighted by molar-refractivity contribution is 5.56. The van der Waals surface area contributed by atoms with Crippen LogP contribution in [0, 0.1) is 0 Å². The Morgan fingerprint density at radius 1 is 1.00 bits per heavy atom. The summed E-state index contributed by atoms with van der Waals surface area (Å²) in [5.41, 5.74) is 0. The minimum Gasteiger partial charge on any atom is -0.488 e. The molecule has 0 aliphatic heterocycles. The topological polar surface area (TPSA) is 76.0 Å². The van der Waals surface area contributed by atoms with Gasteiger partial charge < -0.3 is 24.5 Å². The Kier molecular flexibility index (Phi) is 12.8. The molecule has 0 saturated carbocycles. The molecule has 27 heavy (non-hydrogen) atoms. The normalized spacial score (nSPS) is 15.7. The van der Waals surface area contributed by atoms with Gasteiger partial charge in [-0.15, -0.1) is 0 Å². The van der Waals surface area contributed by atoms with Gasteiger partial charge in [-0.25, -0.2) is 0 Å². The summed E-state index contributed by atoms with van der Waals surface area (Å²) in [7, 11) is 0. The fraction of sp³-hybridized carbons (Fsp3) is 0.682. The van der Waals surface area contributed by atoms with E-state index in [0.29, 0.717) is 6.29 Å². The Morgan fingerprint density at radius 2 is 1.63 bits per heavy atom. The van der Waals surface area contributed by atoms with Crippen molar-refractivity contribution < 1.29 is 24.5 Å². The number of unbranched alkanes of at least 4 members (excludes halogenated alkanes) is 6. The Labute approximate surface area is 163 Å². The van der Waals surface area contributed by atoms with Crippen molar-refractivity contribution in [1.29, 1.82) is 0 Å². The van der Waals surface area contributed by atoms with Gasteiger partial charge in [0.25, 0.3) is 0 Å². The predicted molar refractivity (Wildman–Crippen MR) is 107 cm³/mol. The zero-order chi connectivity index (χ0) is 19.9. The number of aliphatic hydroxyl groups is 2. The molecular formula is C22H36O5. The number of hydrogen-bond acceptors (Lipinski definition) is 5. The number of para-hydroxylation sites is 1. The zero-order valence-corrected chi connectivity index (χ0v) is 16.8. The average molecular weight is 381 g/mol. The summed E-state index contributed by atoms with van der Waals surface area (Å²) in [5, 5.41) is 19.5. The lowest BCUT2D eigenvalue weighted by Gasteiger charge is -2.26. The van der Waals surface area contributed by atoms with E-state index in [0.717, 1.165) is 25.0 Å². The molecule has 0 aliphatic carbocycles. The molecule has 4 atom stereocenters. The molecule has 0 bridgehead atoms. The van der Waals surface area contributed by atoms with Crippen molar-refractivity contribution in [3.63, 3.8) is 0 Å². The Bertz CT molecular complexity index is 477. The molecule has 5 heteroatoms. The van der Waals surface area contributed by atoms with Crippen LogP contribution in [0.1, 0.15) is 65.2 Å². The molecule has 0 aliphatic rings. The molecule has 0 saturated heterocycles. The maximum atomic E-state index is 10.8. The molecule has 1 aromatic rings. The molecule has 0 spiro atoms. The lowest BCUT2D eigenvalue weighted by Crippen LogP contribution is -2.41. The highest BCUT2D eigenvalue weighted by Gasteiger charge is 2.26. The first-order valence-corrected chi connectivity index (χ1v) is 10.2. The van der Waals surface area contributed by atoms with E-state index in [2.05, 4.69) is 6.92 Å². The number of carbonyl (C=O) groups is 1. The molecule has 0 aromatic heterocycles. The summed E-state index contributed by atoms with van der Waals surface area (Å²) in [4.78, 5) is 10.8. The summed E-state index contributed by atoms with van der Waals surface area (Å²) in [6.45, 7) is 3.93. The van der Waals surface area contributed by atoms with Gasteiger partial charge in [0, 0.05) is 0 Å². The van der Waals surface area contributed by atoms with Crippen LogP contribution < -0.4 is 4.74 Å². The smallest absolute Gasteiger partial charge is 0.151 e. The second-order valence-electron chi connectivity index (χ2n) is 7.13. The molecule has 0 fully saturated rings. The van der Waals surface area contributed by atoms with Crippen LogP contribution >= 0.6 is 0 Å². The lowest BCUT2D eigenvalue weighted by molar-refractivity contribution is -0.136. The summed E-state index contributed by atoms with van der Waals surface area (Å²) in [6, 6.07) is 9.54. The van der Waals surface area contributed by atoms with Crippen LogP contribution in [-0.4, -0.2) is 47.5 Å². The molecule has 2 N–H and O–H groups in total. The van der Waals surface area contributed by atoms with Gasteiger partial charge in [-0.3, -0.25) is 0 Å². The van der Waals surface area contributed by atoms with E-state index in [9.17, 15) is 15.0 Å². The first kappa shape index (κ1) is 23.6. The number of aliphatic hydroxyl groups excluding tert-OH is 2. The van der Waals surface area contributed by atoms with Crippen LogP contribution in [0.15, 0.2) is 30.3 Å². The third-order valence-electron chi connectivity index (χ3n) is 4.60. The Hall–Kier alpha value is -1.43. The van der Waals surface area contributed by atoms with E-state index in [1.165, 1.54) is 39.0 Å². The van der Waals surface area contributed by atoms with Gasteiger partial charge >= 0.3 is 0 Å². The molecule has 0 radical (unpaired) electrons. The van der Waals surface area contributed by atoms with Crippen molar-refractivity contribution >= 4 is 6.29 Å². The van der Waals surface area contributed by atoms with E-state index < -0.39 is 18.3 Å². The molecule has 5 nitrogen and oxygen atoms in total. The fourth-order valence-electron chi connectivity index (χ4n) is 3.02. The van der Waals surface area contributed by atoms with Crippen LogP contribution in [0.5, 0.6) is 5.75 Å². The van der Waals surface area contributed by atoms with Gasteiger partial charge in [0.1, 0.15) is 24.1 Å². The number of benzene rings is 1. The quantitative estimate of drug-likeness (QED) is 0.336. The van der Waals surface area contributed by atoms with Crippen molar-refractivity contribution in [3.8, 4) is 5.75 Å². The second-order valence-corrected chi connectivity index (χ2v) is 7.13. The van der Waals surface area contributed by atoms with Gasteiger partial charge in [0.15, 0.2) is 6.29 Å². The fourth-order valence-corrected chi connectivity index (χ4v) is 3.02. The maximum absolute atomic E-state index is 10.8. The van der Waals surface area contributed by atoms with Gasteiger partial charge in [-0.05, 0) is 31.9 Å². The van der Waals surface area contributed by atoms with Gasteiger partial charge in [-0.2, -0.15) is 0 Å². The van der Waals surface area contributed by atoms with E-state index in [-0.39, 0.29) is 12.7 Å². The zero-order valence-electron chi connectivity index (χ0n) is 16.8. The van der Waals surface area contributed by atoms with E-state index in [1.807, 2.05) is 30.3 Å². The number of aldehydes is 1. The third-order valence-corrected chi connectivity index (χ3v) is 4.60. The molecule has 0 amide bonds. The van der Waals surface area contributed by atoms with Crippen molar-refractivity contribution in [2.75, 3.05) is 6.61 Å². The minimum atomic E-state index is -1.35. The molecule has 4 unspecified atom stereocenters. The number of hydrogen-bond donors (Lipinski definition) is 2. The first-order valence-electron chi connectivity index (χ1n) is 10.2. The summed E-state index contributed by atoms with van der Waals surface area (Å²) in [5.74, 6) is 0.763. The van der Waals surface area contributed by atoms with Crippen LogP contribution in [0.3, 0.4) is 0 Å². The van der Waals surface area contributed by atoms with Crippen LogP contribution in [-0.2, 0) is 9.53 Å². The minimum absolute atomic E-state index is 0.192.